The Morgan fingerprint density at radius 2 is 1.64 bits per heavy atom. The molecule has 144 valence electrons. The third-order valence-electron chi connectivity index (χ3n) is 5.22. The zero-order valence-corrected chi connectivity index (χ0v) is 16.0. The van der Waals surface area contributed by atoms with Crippen LogP contribution in [0.2, 0.25) is 0 Å². The molecule has 0 amide bonds. The van der Waals surface area contributed by atoms with E-state index in [0.717, 1.165) is 5.56 Å². The number of carboxylic acids is 1. The van der Waals surface area contributed by atoms with E-state index in [9.17, 15) is 14.7 Å². The number of ether oxygens (including phenoxy) is 2. The van der Waals surface area contributed by atoms with E-state index in [4.69, 9.17) is 9.47 Å². The number of benzene rings is 2. The maximum atomic E-state index is 13.3. The second-order valence-electron chi connectivity index (χ2n) is 7.08. The molecule has 1 atom stereocenters. The molecule has 0 bridgehead atoms. The second-order valence-corrected chi connectivity index (χ2v) is 7.08. The SMILES string of the molecule is Cc1ccc(C(=O)n2c(C)c(C(C)C(=O)O)c3cc4c(cc32)OCCO4)cc1. The molecule has 0 aliphatic carbocycles. The van der Waals surface area contributed by atoms with Crippen molar-refractivity contribution in [2.45, 2.75) is 26.7 Å². The third-order valence-corrected chi connectivity index (χ3v) is 5.22. The maximum absolute atomic E-state index is 13.3. The summed E-state index contributed by atoms with van der Waals surface area (Å²) in [6.07, 6.45) is 0. The summed E-state index contributed by atoms with van der Waals surface area (Å²) in [6.45, 7) is 6.23. The summed E-state index contributed by atoms with van der Waals surface area (Å²) >= 11 is 0. The third kappa shape index (κ3) is 2.81. The van der Waals surface area contributed by atoms with Crippen molar-refractivity contribution in [1.29, 1.82) is 0 Å². The number of hydrogen-bond donors (Lipinski definition) is 1. The van der Waals surface area contributed by atoms with Gasteiger partial charge in [0.2, 0.25) is 0 Å². The van der Waals surface area contributed by atoms with Gasteiger partial charge in [0, 0.05) is 22.7 Å². The van der Waals surface area contributed by atoms with Crippen LogP contribution in [-0.2, 0) is 4.79 Å². The minimum atomic E-state index is -0.945. The summed E-state index contributed by atoms with van der Waals surface area (Å²) < 4.78 is 12.9. The summed E-state index contributed by atoms with van der Waals surface area (Å²) in [5.74, 6) is -0.791. The zero-order valence-electron chi connectivity index (χ0n) is 16.0. The van der Waals surface area contributed by atoms with Crippen LogP contribution in [0.25, 0.3) is 10.9 Å². The van der Waals surface area contributed by atoms with Gasteiger partial charge in [-0.25, -0.2) is 0 Å². The van der Waals surface area contributed by atoms with Crippen LogP contribution in [0.3, 0.4) is 0 Å². The van der Waals surface area contributed by atoms with Crippen molar-refractivity contribution in [3.8, 4) is 11.5 Å². The van der Waals surface area contributed by atoms with Crippen LogP contribution in [-0.4, -0.2) is 34.8 Å². The standard InChI is InChI=1S/C22H21NO5/c1-12-4-6-15(7-5-12)21(24)23-14(3)20(13(2)22(25)26)16-10-18-19(11-17(16)23)28-9-8-27-18/h4-7,10-11,13H,8-9H2,1-3H3,(H,25,26). The number of aliphatic carboxylic acids is 1. The summed E-state index contributed by atoms with van der Waals surface area (Å²) in [5, 5.41) is 10.3. The summed E-state index contributed by atoms with van der Waals surface area (Å²) in [6, 6.07) is 10.9. The number of hydrogen-bond acceptors (Lipinski definition) is 4. The van der Waals surface area contributed by atoms with Crippen molar-refractivity contribution in [1.82, 2.24) is 4.57 Å². The molecular weight excluding hydrogens is 358 g/mol. The Labute approximate surface area is 162 Å². The number of aromatic nitrogens is 1. The smallest absolute Gasteiger partial charge is 0.310 e. The molecule has 3 aromatic rings. The van der Waals surface area contributed by atoms with Crippen LogP contribution in [0, 0.1) is 13.8 Å². The van der Waals surface area contributed by atoms with Gasteiger partial charge < -0.3 is 14.6 Å². The Morgan fingerprint density at radius 3 is 2.25 bits per heavy atom. The summed E-state index contributed by atoms with van der Waals surface area (Å²) in [7, 11) is 0. The van der Waals surface area contributed by atoms with E-state index in [2.05, 4.69) is 0 Å². The highest BCUT2D eigenvalue weighted by Gasteiger charge is 2.28. The molecule has 1 aromatic heterocycles. The van der Waals surface area contributed by atoms with Gasteiger partial charge in [0.05, 0.1) is 11.4 Å². The molecule has 1 N–H and O–H groups in total. The first-order valence-electron chi connectivity index (χ1n) is 9.17. The van der Waals surface area contributed by atoms with Crippen molar-refractivity contribution in [2.24, 2.45) is 0 Å². The second kappa shape index (κ2) is 6.71. The fraction of sp³-hybridized carbons (Fsp3) is 0.273. The van der Waals surface area contributed by atoms with Gasteiger partial charge in [0.15, 0.2) is 11.5 Å². The number of carbonyl (C=O) groups excluding carboxylic acids is 1. The highest BCUT2D eigenvalue weighted by atomic mass is 16.6. The molecule has 0 saturated heterocycles. The molecule has 1 unspecified atom stereocenters. The van der Waals surface area contributed by atoms with E-state index < -0.39 is 11.9 Å². The van der Waals surface area contributed by atoms with Crippen LogP contribution in [0.1, 0.15) is 40.0 Å². The first-order chi connectivity index (χ1) is 13.4. The monoisotopic (exact) mass is 379 g/mol. The largest absolute Gasteiger partial charge is 0.486 e. The van der Waals surface area contributed by atoms with E-state index in [1.807, 2.05) is 19.1 Å². The number of aryl methyl sites for hydroxylation is 1. The minimum absolute atomic E-state index is 0.206. The summed E-state index contributed by atoms with van der Waals surface area (Å²) in [4.78, 5) is 25.0. The van der Waals surface area contributed by atoms with E-state index in [-0.39, 0.29) is 5.91 Å². The van der Waals surface area contributed by atoms with Crippen LogP contribution in [0.4, 0.5) is 0 Å². The molecular formula is C22H21NO5. The van der Waals surface area contributed by atoms with Crippen LogP contribution >= 0.6 is 0 Å². The fourth-order valence-corrected chi connectivity index (χ4v) is 3.73. The molecule has 2 aromatic carbocycles. The first kappa shape index (κ1) is 18.1. The van der Waals surface area contributed by atoms with E-state index in [1.54, 1.807) is 42.7 Å². The quantitative estimate of drug-likeness (QED) is 0.747. The molecule has 1 aliphatic heterocycles. The van der Waals surface area contributed by atoms with Gasteiger partial charge in [-0.05, 0) is 44.5 Å². The van der Waals surface area contributed by atoms with Gasteiger partial charge >= 0.3 is 5.97 Å². The van der Waals surface area contributed by atoms with Gasteiger partial charge in [-0.1, -0.05) is 17.7 Å². The number of nitrogens with zero attached hydrogens (tertiary/aromatic N) is 1. The van der Waals surface area contributed by atoms with Crippen LogP contribution in [0.5, 0.6) is 11.5 Å². The molecule has 6 nitrogen and oxygen atoms in total. The van der Waals surface area contributed by atoms with Gasteiger partial charge in [0.25, 0.3) is 5.91 Å². The molecule has 2 heterocycles. The lowest BCUT2D eigenvalue weighted by Gasteiger charge is -2.19. The van der Waals surface area contributed by atoms with Crippen molar-refractivity contribution in [3.63, 3.8) is 0 Å². The first-order valence-corrected chi connectivity index (χ1v) is 9.17. The lowest BCUT2D eigenvalue weighted by atomic mass is 9.98. The summed E-state index contributed by atoms with van der Waals surface area (Å²) in [5.41, 5.74) is 3.44. The Kier molecular flexibility index (Phi) is 4.34. The Hall–Kier alpha value is -3.28. The van der Waals surface area contributed by atoms with E-state index in [1.165, 1.54) is 0 Å². The van der Waals surface area contributed by atoms with Gasteiger partial charge in [-0.15, -0.1) is 0 Å². The fourth-order valence-electron chi connectivity index (χ4n) is 3.73. The average Bonchev–Trinajstić information content (AvgIpc) is 2.96. The molecule has 0 saturated carbocycles. The normalized spacial score (nSPS) is 14.1. The number of fused-ring (bicyclic) bond motifs is 2. The van der Waals surface area contributed by atoms with Crippen molar-refractivity contribution in [3.05, 3.63) is 58.8 Å². The topological polar surface area (TPSA) is 77.8 Å². The number of carbonyl (C=O) groups is 2. The average molecular weight is 379 g/mol. The molecule has 4 rings (SSSR count). The number of rotatable bonds is 3. The van der Waals surface area contributed by atoms with Gasteiger partial charge in [-0.3, -0.25) is 14.2 Å². The van der Waals surface area contributed by atoms with Gasteiger partial charge in [-0.2, -0.15) is 0 Å². The predicted molar refractivity (Wildman–Crippen MR) is 105 cm³/mol. The van der Waals surface area contributed by atoms with Crippen LogP contribution < -0.4 is 9.47 Å². The van der Waals surface area contributed by atoms with E-state index >= 15 is 0 Å². The lowest BCUT2D eigenvalue weighted by molar-refractivity contribution is -0.138. The molecule has 28 heavy (non-hydrogen) atoms. The maximum Gasteiger partial charge on any atom is 0.310 e. The van der Waals surface area contributed by atoms with E-state index in [0.29, 0.717) is 52.4 Å². The molecule has 0 radical (unpaired) electrons. The van der Waals surface area contributed by atoms with Gasteiger partial charge in [0.1, 0.15) is 13.2 Å². The molecule has 0 spiro atoms. The molecule has 1 aliphatic rings. The highest BCUT2D eigenvalue weighted by molar-refractivity contribution is 6.05. The zero-order chi connectivity index (χ0) is 20.0. The Balaban J connectivity index is 1.99. The molecule has 0 fully saturated rings. The Morgan fingerprint density at radius 1 is 1.04 bits per heavy atom. The predicted octanol–water partition coefficient (Wildman–Crippen LogP) is 3.91. The van der Waals surface area contributed by atoms with Crippen molar-refractivity contribution >= 4 is 22.8 Å². The molecule has 6 heteroatoms. The highest BCUT2D eigenvalue weighted by Crippen LogP contribution is 2.40. The Bertz CT molecular complexity index is 1090. The van der Waals surface area contributed by atoms with Crippen molar-refractivity contribution < 1.29 is 24.2 Å². The van der Waals surface area contributed by atoms with Crippen molar-refractivity contribution in [2.75, 3.05) is 13.2 Å². The number of carboxylic acid groups (broad SMARTS) is 1. The minimum Gasteiger partial charge on any atom is -0.486 e. The van der Waals surface area contributed by atoms with Crippen LogP contribution in [0.15, 0.2) is 36.4 Å². The lowest BCUT2D eigenvalue weighted by Crippen LogP contribution is -2.16.